The fourth-order valence-electron chi connectivity index (χ4n) is 3.17. The highest BCUT2D eigenvalue weighted by Crippen LogP contribution is 2.35. The number of carbonyl (C=O) groups excluding carboxylic acids is 1. The zero-order valence-electron chi connectivity index (χ0n) is 16.3. The van der Waals surface area contributed by atoms with Crippen molar-refractivity contribution in [1.82, 2.24) is 15.1 Å². The van der Waals surface area contributed by atoms with Crippen LogP contribution < -0.4 is 10.6 Å². The minimum atomic E-state index is -0.439. The van der Waals surface area contributed by atoms with Crippen molar-refractivity contribution in [1.29, 1.82) is 0 Å². The molecule has 0 radical (unpaired) electrons. The predicted molar refractivity (Wildman–Crippen MR) is 122 cm³/mol. The first-order valence-electron chi connectivity index (χ1n) is 9.08. The van der Waals surface area contributed by atoms with Crippen molar-refractivity contribution in [2.24, 2.45) is 0 Å². The summed E-state index contributed by atoms with van der Waals surface area (Å²) < 4.78 is 16.1. The summed E-state index contributed by atoms with van der Waals surface area (Å²) >= 11 is 7.53. The number of aromatic nitrogens is 2. The van der Waals surface area contributed by atoms with Gasteiger partial charge in [-0.3, -0.25) is 4.79 Å². The molecule has 0 fully saturated rings. The van der Waals surface area contributed by atoms with Crippen molar-refractivity contribution in [3.8, 4) is 5.69 Å². The van der Waals surface area contributed by atoms with Gasteiger partial charge in [-0.1, -0.05) is 24.2 Å². The van der Waals surface area contributed by atoms with E-state index in [-0.39, 0.29) is 11.6 Å². The van der Waals surface area contributed by atoms with E-state index in [9.17, 15) is 9.18 Å². The molecule has 8 heteroatoms. The smallest absolute Gasteiger partial charge is 0.261 e. The van der Waals surface area contributed by atoms with E-state index in [1.807, 2.05) is 24.4 Å². The number of nitrogens with one attached hydrogen (secondary N) is 2. The van der Waals surface area contributed by atoms with Gasteiger partial charge in [0.1, 0.15) is 5.82 Å². The summed E-state index contributed by atoms with van der Waals surface area (Å²) in [5.74, 6) is -0.579. The van der Waals surface area contributed by atoms with Crippen molar-refractivity contribution < 1.29 is 9.18 Å². The lowest BCUT2D eigenvalue weighted by Gasteiger charge is -2.15. The first kappa shape index (κ1) is 20.1. The van der Waals surface area contributed by atoms with Gasteiger partial charge in [-0.05, 0) is 42.8 Å². The first-order valence-corrected chi connectivity index (χ1v) is 10.3. The fourth-order valence-corrected chi connectivity index (χ4v) is 4.19. The molecule has 1 amide bonds. The van der Waals surface area contributed by atoms with Gasteiger partial charge >= 0.3 is 0 Å². The maximum absolute atomic E-state index is 14.3. The lowest BCUT2D eigenvalue weighted by atomic mass is 10.0. The Morgan fingerprint density at radius 2 is 2.10 bits per heavy atom. The van der Waals surface area contributed by atoms with E-state index in [0.717, 1.165) is 27.7 Å². The molecule has 0 aliphatic heterocycles. The Kier molecular flexibility index (Phi) is 5.32. The maximum Gasteiger partial charge on any atom is 0.261 e. The number of carbonyl (C=O) groups is 1. The second-order valence-electron chi connectivity index (χ2n) is 6.76. The zero-order chi connectivity index (χ0) is 21.4. The van der Waals surface area contributed by atoms with Crippen LogP contribution in [-0.2, 0) is 0 Å². The molecule has 0 atom stereocenters. The standard InChI is InChI=1S/C22H18ClFN4OS/c1-12(2)15-9-19-13(7-18(15)27-21-16(23)5-4-6-17(21)24)10-26-28(19)14-8-20(30-11-14)22(29)25-3/h4-11,27H,1H2,2-3H3,(H,25,29). The zero-order valence-corrected chi connectivity index (χ0v) is 17.9. The molecule has 152 valence electrons. The van der Waals surface area contributed by atoms with Gasteiger partial charge < -0.3 is 10.6 Å². The average Bonchev–Trinajstić information content (AvgIpc) is 3.36. The molecule has 0 aliphatic rings. The largest absolute Gasteiger partial charge is 0.354 e. The Bertz CT molecular complexity index is 1270. The molecule has 0 aliphatic carbocycles. The normalized spacial score (nSPS) is 10.9. The molecule has 0 saturated heterocycles. The van der Waals surface area contributed by atoms with Crippen LogP contribution in [0, 0.1) is 5.82 Å². The first-order chi connectivity index (χ1) is 14.4. The van der Waals surface area contributed by atoms with Gasteiger partial charge in [0.2, 0.25) is 0 Å². The monoisotopic (exact) mass is 440 g/mol. The second-order valence-corrected chi connectivity index (χ2v) is 8.08. The average molecular weight is 441 g/mol. The minimum absolute atomic E-state index is 0.140. The van der Waals surface area contributed by atoms with Gasteiger partial charge in [0.25, 0.3) is 5.91 Å². The van der Waals surface area contributed by atoms with E-state index >= 15 is 0 Å². The van der Waals surface area contributed by atoms with Crippen molar-refractivity contribution in [3.05, 3.63) is 75.8 Å². The third-order valence-electron chi connectivity index (χ3n) is 4.67. The maximum atomic E-state index is 14.3. The highest BCUT2D eigenvalue weighted by molar-refractivity contribution is 7.12. The van der Waals surface area contributed by atoms with Crippen LogP contribution in [0.3, 0.4) is 0 Å². The van der Waals surface area contributed by atoms with Gasteiger partial charge in [0.15, 0.2) is 0 Å². The van der Waals surface area contributed by atoms with Gasteiger partial charge in [0.05, 0.1) is 33.0 Å². The van der Waals surface area contributed by atoms with Crippen LogP contribution in [0.15, 0.2) is 54.6 Å². The van der Waals surface area contributed by atoms with Crippen molar-refractivity contribution >= 4 is 56.7 Å². The quantitative estimate of drug-likeness (QED) is 0.399. The molecule has 30 heavy (non-hydrogen) atoms. The molecule has 2 aromatic carbocycles. The third kappa shape index (κ3) is 3.58. The van der Waals surface area contributed by atoms with Crippen LogP contribution in [0.1, 0.15) is 22.2 Å². The van der Waals surface area contributed by atoms with E-state index in [4.69, 9.17) is 11.6 Å². The van der Waals surface area contributed by atoms with Crippen LogP contribution in [0.4, 0.5) is 15.8 Å². The molecule has 2 aromatic heterocycles. The number of nitrogens with zero attached hydrogens (tertiary/aromatic N) is 2. The summed E-state index contributed by atoms with van der Waals surface area (Å²) in [7, 11) is 1.60. The van der Waals surface area contributed by atoms with Gasteiger partial charge in [-0.2, -0.15) is 5.10 Å². The number of hydrogen-bond acceptors (Lipinski definition) is 4. The Hall–Kier alpha value is -3.16. The Morgan fingerprint density at radius 1 is 1.30 bits per heavy atom. The number of halogens is 2. The number of para-hydroxylation sites is 1. The number of thiophene rings is 1. The Balaban J connectivity index is 1.82. The fraction of sp³-hybridized carbons (Fsp3) is 0.0909. The topological polar surface area (TPSA) is 59.0 Å². The van der Waals surface area contributed by atoms with Gasteiger partial charge in [0, 0.05) is 29.1 Å². The summed E-state index contributed by atoms with van der Waals surface area (Å²) in [6, 6.07) is 10.2. The predicted octanol–water partition coefficient (Wildman–Crippen LogP) is 6.02. The summed E-state index contributed by atoms with van der Waals surface area (Å²) in [5, 5.41) is 13.2. The molecule has 0 bridgehead atoms. The van der Waals surface area contributed by atoms with Crippen LogP contribution >= 0.6 is 22.9 Å². The van der Waals surface area contributed by atoms with Gasteiger partial charge in [-0.25, -0.2) is 9.07 Å². The molecular formula is C22H18ClFN4OS. The molecular weight excluding hydrogens is 423 g/mol. The van der Waals surface area contributed by atoms with Crippen molar-refractivity contribution in [2.75, 3.05) is 12.4 Å². The number of allylic oxidation sites excluding steroid dienone is 1. The summed E-state index contributed by atoms with van der Waals surface area (Å²) in [4.78, 5) is 12.5. The van der Waals surface area contributed by atoms with E-state index < -0.39 is 5.82 Å². The molecule has 0 unspecified atom stereocenters. The van der Waals surface area contributed by atoms with E-state index in [1.54, 1.807) is 36.1 Å². The summed E-state index contributed by atoms with van der Waals surface area (Å²) in [5.41, 5.74) is 4.14. The number of anilines is 2. The summed E-state index contributed by atoms with van der Waals surface area (Å²) in [6.07, 6.45) is 1.73. The number of fused-ring (bicyclic) bond motifs is 1. The highest BCUT2D eigenvalue weighted by atomic mass is 35.5. The van der Waals surface area contributed by atoms with Crippen molar-refractivity contribution in [3.63, 3.8) is 0 Å². The molecule has 0 spiro atoms. The van der Waals surface area contributed by atoms with E-state index in [1.165, 1.54) is 17.4 Å². The SMILES string of the molecule is C=C(C)c1cc2c(cnn2-c2csc(C(=O)NC)c2)cc1Nc1c(F)cccc1Cl. The van der Waals surface area contributed by atoms with Crippen LogP contribution in [0.25, 0.3) is 22.2 Å². The van der Waals surface area contributed by atoms with Crippen molar-refractivity contribution in [2.45, 2.75) is 6.92 Å². The van der Waals surface area contributed by atoms with E-state index in [0.29, 0.717) is 15.6 Å². The highest BCUT2D eigenvalue weighted by Gasteiger charge is 2.16. The van der Waals surface area contributed by atoms with Crippen LogP contribution in [0.5, 0.6) is 0 Å². The number of amides is 1. The molecule has 4 aromatic rings. The van der Waals surface area contributed by atoms with E-state index in [2.05, 4.69) is 22.3 Å². The number of benzene rings is 2. The third-order valence-corrected chi connectivity index (χ3v) is 5.90. The molecule has 2 heterocycles. The van der Waals surface area contributed by atoms with Crippen LogP contribution in [0.2, 0.25) is 5.02 Å². The Morgan fingerprint density at radius 3 is 2.80 bits per heavy atom. The lowest BCUT2D eigenvalue weighted by molar-refractivity contribution is 0.0967. The van der Waals surface area contributed by atoms with Gasteiger partial charge in [-0.15, -0.1) is 11.3 Å². The molecule has 4 rings (SSSR count). The summed E-state index contributed by atoms with van der Waals surface area (Å²) in [6.45, 7) is 5.94. The number of hydrogen-bond donors (Lipinski definition) is 2. The van der Waals surface area contributed by atoms with Crippen LogP contribution in [-0.4, -0.2) is 22.7 Å². The molecule has 0 saturated carbocycles. The number of rotatable bonds is 5. The Labute approximate surface area is 181 Å². The minimum Gasteiger partial charge on any atom is -0.354 e. The molecule has 5 nitrogen and oxygen atoms in total. The second kappa shape index (κ2) is 7.93. The lowest BCUT2D eigenvalue weighted by Crippen LogP contribution is -2.16. The molecule has 2 N–H and O–H groups in total.